The molecule has 140 valence electrons. The Balaban J connectivity index is 1.45. The lowest BCUT2D eigenvalue weighted by Gasteiger charge is -2.06. The first-order valence-corrected chi connectivity index (χ1v) is 9.29. The van der Waals surface area contributed by atoms with Crippen molar-refractivity contribution >= 4 is 41.1 Å². The molecule has 0 atom stereocenters. The maximum absolute atomic E-state index is 12.0. The van der Waals surface area contributed by atoms with Crippen LogP contribution in [0, 0.1) is 5.92 Å². The molecule has 0 unspecified atom stereocenters. The van der Waals surface area contributed by atoms with Crippen LogP contribution in [0.1, 0.15) is 23.2 Å². The molecule has 0 spiro atoms. The summed E-state index contributed by atoms with van der Waals surface area (Å²) >= 11 is 1.23. The number of hydrogen-bond donors (Lipinski definition) is 2. The Morgan fingerprint density at radius 2 is 1.81 bits per heavy atom. The average molecular weight is 386 g/mol. The van der Waals surface area contributed by atoms with Gasteiger partial charge >= 0.3 is 5.97 Å². The number of ether oxygens (including phenoxy) is 1. The lowest BCUT2D eigenvalue weighted by Crippen LogP contribution is -2.15. The van der Waals surface area contributed by atoms with Gasteiger partial charge in [-0.1, -0.05) is 11.8 Å². The van der Waals surface area contributed by atoms with Gasteiger partial charge in [0.25, 0.3) is 0 Å². The van der Waals surface area contributed by atoms with E-state index in [1.807, 2.05) is 0 Å². The van der Waals surface area contributed by atoms with Crippen LogP contribution in [0.15, 0.2) is 41.4 Å². The fourth-order valence-electron chi connectivity index (χ4n) is 2.18. The van der Waals surface area contributed by atoms with Gasteiger partial charge in [-0.2, -0.15) is 0 Å². The molecule has 1 saturated carbocycles. The highest BCUT2D eigenvalue weighted by Gasteiger charge is 2.29. The number of carbonyl (C=O) groups is 3. The lowest BCUT2D eigenvalue weighted by atomic mass is 10.2. The fourth-order valence-corrected chi connectivity index (χ4v) is 2.80. The monoisotopic (exact) mass is 386 g/mol. The number of esters is 1. The van der Waals surface area contributed by atoms with Crippen LogP contribution in [-0.4, -0.2) is 40.8 Å². The van der Waals surface area contributed by atoms with Crippen molar-refractivity contribution in [3.05, 3.63) is 42.0 Å². The number of methoxy groups -OCH3 is 1. The Morgan fingerprint density at radius 1 is 1.07 bits per heavy atom. The van der Waals surface area contributed by atoms with E-state index in [1.54, 1.807) is 36.4 Å². The van der Waals surface area contributed by atoms with E-state index in [9.17, 15) is 14.4 Å². The molecular formula is C18H18N4O4S. The van der Waals surface area contributed by atoms with Crippen molar-refractivity contribution < 1.29 is 19.1 Å². The summed E-state index contributed by atoms with van der Waals surface area (Å²) < 4.78 is 4.62. The second-order valence-electron chi connectivity index (χ2n) is 5.93. The predicted octanol–water partition coefficient (Wildman–Crippen LogP) is 2.34. The zero-order valence-corrected chi connectivity index (χ0v) is 15.4. The number of rotatable bonds is 7. The van der Waals surface area contributed by atoms with E-state index in [2.05, 4.69) is 25.6 Å². The first kappa shape index (κ1) is 18.8. The summed E-state index contributed by atoms with van der Waals surface area (Å²) in [4.78, 5) is 35.1. The number of nitrogens with zero attached hydrogens (tertiary/aromatic N) is 2. The topological polar surface area (TPSA) is 110 Å². The molecule has 27 heavy (non-hydrogen) atoms. The molecule has 2 amide bonds. The van der Waals surface area contributed by atoms with Crippen LogP contribution in [0.25, 0.3) is 0 Å². The van der Waals surface area contributed by atoms with Crippen LogP contribution in [0.2, 0.25) is 0 Å². The van der Waals surface area contributed by atoms with Crippen LogP contribution in [0.3, 0.4) is 0 Å². The number of hydrogen-bond acceptors (Lipinski definition) is 7. The highest BCUT2D eigenvalue weighted by molar-refractivity contribution is 7.99. The van der Waals surface area contributed by atoms with Crippen LogP contribution in [0.4, 0.5) is 11.5 Å². The van der Waals surface area contributed by atoms with Gasteiger partial charge in [-0.25, -0.2) is 4.79 Å². The largest absolute Gasteiger partial charge is 0.465 e. The molecule has 0 bridgehead atoms. The Hall–Kier alpha value is -2.94. The van der Waals surface area contributed by atoms with Crippen molar-refractivity contribution in [1.29, 1.82) is 0 Å². The summed E-state index contributed by atoms with van der Waals surface area (Å²) in [5.41, 5.74) is 0.992. The third-order valence-corrected chi connectivity index (χ3v) is 4.70. The molecule has 1 aliphatic rings. The molecule has 1 aliphatic carbocycles. The fraction of sp³-hybridized carbons (Fsp3) is 0.278. The molecule has 2 aromatic rings. The number of amides is 2. The summed E-state index contributed by atoms with van der Waals surface area (Å²) in [5, 5.41) is 14.0. The number of aromatic nitrogens is 2. The Kier molecular flexibility index (Phi) is 6.02. The third kappa shape index (κ3) is 5.52. The molecule has 0 aliphatic heterocycles. The molecule has 0 saturated heterocycles. The van der Waals surface area contributed by atoms with Crippen LogP contribution in [0.5, 0.6) is 0 Å². The number of benzene rings is 1. The molecule has 1 aromatic heterocycles. The van der Waals surface area contributed by atoms with E-state index in [0.29, 0.717) is 22.1 Å². The maximum Gasteiger partial charge on any atom is 0.337 e. The predicted molar refractivity (Wildman–Crippen MR) is 101 cm³/mol. The molecule has 1 aromatic carbocycles. The SMILES string of the molecule is COC(=O)c1ccc(NC(=O)CSc2ccc(NC(=O)C3CC3)nn2)cc1. The van der Waals surface area contributed by atoms with Crippen molar-refractivity contribution in [2.45, 2.75) is 17.9 Å². The Bertz CT molecular complexity index is 835. The number of nitrogens with one attached hydrogen (secondary N) is 2. The van der Waals surface area contributed by atoms with Crippen molar-refractivity contribution in [2.24, 2.45) is 5.92 Å². The molecule has 3 rings (SSSR count). The van der Waals surface area contributed by atoms with Crippen LogP contribution in [-0.2, 0) is 14.3 Å². The first-order valence-electron chi connectivity index (χ1n) is 8.31. The van der Waals surface area contributed by atoms with Gasteiger partial charge in [0.1, 0.15) is 5.03 Å². The van der Waals surface area contributed by atoms with Crippen molar-refractivity contribution in [3.63, 3.8) is 0 Å². The smallest absolute Gasteiger partial charge is 0.337 e. The van der Waals surface area contributed by atoms with Gasteiger partial charge in [-0.3, -0.25) is 9.59 Å². The molecule has 0 radical (unpaired) electrons. The van der Waals surface area contributed by atoms with Crippen molar-refractivity contribution in [3.8, 4) is 0 Å². The quantitative estimate of drug-likeness (QED) is 0.555. The van der Waals surface area contributed by atoms with Gasteiger partial charge in [0.2, 0.25) is 11.8 Å². The first-order chi connectivity index (χ1) is 13.0. The van der Waals surface area contributed by atoms with Crippen LogP contribution < -0.4 is 10.6 Å². The summed E-state index contributed by atoms with van der Waals surface area (Å²) in [7, 11) is 1.31. The molecular weight excluding hydrogens is 368 g/mol. The number of anilines is 2. The molecule has 1 heterocycles. The molecule has 8 nitrogen and oxygen atoms in total. The second-order valence-corrected chi connectivity index (χ2v) is 6.92. The summed E-state index contributed by atoms with van der Waals surface area (Å²) in [6.45, 7) is 0. The van der Waals surface area contributed by atoms with E-state index in [-0.39, 0.29) is 23.5 Å². The average Bonchev–Trinajstić information content (AvgIpc) is 3.53. The van der Waals surface area contributed by atoms with Gasteiger partial charge in [-0.05, 0) is 49.2 Å². The van der Waals surface area contributed by atoms with Gasteiger partial charge in [0.15, 0.2) is 5.82 Å². The van der Waals surface area contributed by atoms with E-state index in [0.717, 1.165) is 12.8 Å². The minimum atomic E-state index is -0.432. The van der Waals surface area contributed by atoms with E-state index >= 15 is 0 Å². The minimum Gasteiger partial charge on any atom is -0.465 e. The van der Waals surface area contributed by atoms with E-state index in [4.69, 9.17) is 0 Å². The zero-order chi connectivity index (χ0) is 19.2. The van der Waals surface area contributed by atoms with E-state index in [1.165, 1.54) is 18.9 Å². The third-order valence-electron chi connectivity index (χ3n) is 3.78. The zero-order valence-electron chi connectivity index (χ0n) is 14.6. The second kappa shape index (κ2) is 8.63. The summed E-state index contributed by atoms with van der Waals surface area (Å²) in [5.74, 6) is -0.00117. The highest BCUT2D eigenvalue weighted by Crippen LogP contribution is 2.30. The normalized spacial score (nSPS) is 12.9. The Labute approximate surface area is 160 Å². The van der Waals surface area contributed by atoms with Crippen LogP contribution >= 0.6 is 11.8 Å². The van der Waals surface area contributed by atoms with Gasteiger partial charge in [0.05, 0.1) is 18.4 Å². The number of carbonyl (C=O) groups excluding carboxylic acids is 3. The lowest BCUT2D eigenvalue weighted by molar-refractivity contribution is -0.117. The highest BCUT2D eigenvalue weighted by atomic mass is 32.2. The van der Waals surface area contributed by atoms with E-state index < -0.39 is 5.97 Å². The minimum absolute atomic E-state index is 0.0256. The maximum atomic E-state index is 12.0. The summed E-state index contributed by atoms with van der Waals surface area (Å²) in [6.07, 6.45) is 1.85. The van der Waals surface area contributed by atoms with Gasteiger partial charge < -0.3 is 15.4 Å². The summed E-state index contributed by atoms with van der Waals surface area (Å²) in [6, 6.07) is 9.79. The standard InChI is InChI=1S/C18H18N4O4S/c1-26-18(25)12-4-6-13(7-5-12)19-15(23)10-27-16-9-8-14(21-22-16)20-17(24)11-2-3-11/h4-9,11H,2-3,10H2,1H3,(H,19,23)(H,20,21,24). The molecule has 2 N–H and O–H groups in total. The van der Waals surface area contributed by atoms with Crippen molar-refractivity contribution in [1.82, 2.24) is 10.2 Å². The molecule has 1 fully saturated rings. The van der Waals surface area contributed by atoms with Crippen molar-refractivity contribution in [2.75, 3.05) is 23.5 Å². The van der Waals surface area contributed by atoms with Gasteiger partial charge in [-0.15, -0.1) is 10.2 Å². The van der Waals surface area contributed by atoms with Gasteiger partial charge in [0, 0.05) is 11.6 Å². The molecule has 9 heteroatoms. The number of thioether (sulfide) groups is 1. The Morgan fingerprint density at radius 3 is 2.41 bits per heavy atom.